The summed E-state index contributed by atoms with van der Waals surface area (Å²) in [6, 6.07) is 12.2. The number of amides is 1. The second-order valence-corrected chi connectivity index (χ2v) is 7.19. The average Bonchev–Trinajstić information content (AvgIpc) is 3.36. The number of nitrogens with zero attached hydrogens (tertiary/aromatic N) is 3. The Labute approximate surface area is 168 Å². The molecular formula is C22H22FN3O3. The molecule has 6 nitrogen and oxygen atoms in total. The number of carbonyl (C=O) groups is 1. The van der Waals surface area contributed by atoms with Crippen molar-refractivity contribution in [2.75, 3.05) is 18.1 Å². The summed E-state index contributed by atoms with van der Waals surface area (Å²) in [6.07, 6.45) is 1.15. The summed E-state index contributed by atoms with van der Waals surface area (Å²) in [7, 11) is 0. The first-order valence-corrected chi connectivity index (χ1v) is 9.68. The van der Waals surface area contributed by atoms with E-state index in [1.165, 1.54) is 11.0 Å². The Morgan fingerprint density at radius 1 is 1.24 bits per heavy atom. The Balaban J connectivity index is 1.50. The second kappa shape index (κ2) is 8.03. The molecular weight excluding hydrogens is 373 g/mol. The van der Waals surface area contributed by atoms with Gasteiger partial charge < -0.3 is 14.2 Å². The zero-order chi connectivity index (χ0) is 20.4. The standard InChI is InChI=1S/C22H22FN3O3/c1-3-10-28-17-7-5-15(6-8-17)21-24-22(29-25-21)16-12-20(27)26(13-16)19-11-14(2)4-9-18(19)23/h4-9,11,16H,3,10,12-13H2,1-2H3. The fourth-order valence-electron chi connectivity index (χ4n) is 3.37. The maximum absolute atomic E-state index is 14.2. The van der Waals surface area contributed by atoms with E-state index in [0.29, 0.717) is 30.6 Å². The van der Waals surface area contributed by atoms with Gasteiger partial charge in [-0.3, -0.25) is 4.79 Å². The SMILES string of the molecule is CCCOc1ccc(-c2noc(C3CC(=O)N(c4cc(C)ccc4F)C3)n2)cc1. The molecule has 2 aromatic carbocycles. The molecule has 4 rings (SSSR count). The molecule has 0 bridgehead atoms. The fraction of sp³-hybridized carbons (Fsp3) is 0.318. The summed E-state index contributed by atoms with van der Waals surface area (Å²) in [4.78, 5) is 18.4. The molecule has 1 saturated heterocycles. The lowest BCUT2D eigenvalue weighted by Crippen LogP contribution is -2.25. The Bertz CT molecular complexity index is 1020. The lowest BCUT2D eigenvalue weighted by atomic mass is 10.1. The molecule has 0 N–H and O–H groups in total. The average molecular weight is 395 g/mol. The quantitative estimate of drug-likeness (QED) is 0.615. The molecule has 1 aliphatic rings. The molecule has 0 radical (unpaired) electrons. The molecule has 150 valence electrons. The van der Waals surface area contributed by atoms with E-state index in [4.69, 9.17) is 9.26 Å². The van der Waals surface area contributed by atoms with Gasteiger partial charge in [0.15, 0.2) is 0 Å². The zero-order valence-electron chi connectivity index (χ0n) is 16.4. The highest BCUT2D eigenvalue weighted by Gasteiger charge is 2.36. The number of halogens is 1. The van der Waals surface area contributed by atoms with Crippen LogP contribution in [0.25, 0.3) is 11.4 Å². The maximum Gasteiger partial charge on any atom is 0.232 e. The van der Waals surface area contributed by atoms with Gasteiger partial charge in [0.05, 0.1) is 18.2 Å². The molecule has 0 aliphatic carbocycles. The molecule has 1 aromatic heterocycles. The Morgan fingerprint density at radius 2 is 2.03 bits per heavy atom. The lowest BCUT2D eigenvalue weighted by Gasteiger charge is -2.17. The first-order valence-electron chi connectivity index (χ1n) is 9.68. The van der Waals surface area contributed by atoms with E-state index in [9.17, 15) is 9.18 Å². The normalized spacial score (nSPS) is 16.4. The minimum Gasteiger partial charge on any atom is -0.494 e. The van der Waals surface area contributed by atoms with E-state index in [0.717, 1.165) is 23.3 Å². The van der Waals surface area contributed by atoms with E-state index in [-0.39, 0.29) is 18.2 Å². The molecule has 0 saturated carbocycles. The molecule has 29 heavy (non-hydrogen) atoms. The number of anilines is 1. The van der Waals surface area contributed by atoms with Crippen LogP contribution in [0.1, 0.15) is 37.1 Å². The summed E-state index contributed by atoms with van der Waals surface area (Å²) >= 11 is 0. The van der Waals surface area contributed by atoms with Crippen LogP contribution in [0.3, 0.4) is 0 Å². The van der Waals surface area contributed by atoms with Crippen molar-refractivity contribution < 1.29 is 18.4 Å². The summed E-state index contributed by atoms with van der Waals surface area (Å²) in [5.74, 6) is 0.787. The van der Waals surface area contributed by atoms with Gasteiger partial charge in [-0.15, -0.1) is 0 Å². The van der Waals surface area contributed by atoms with Gasteiger partial charge in [0.25, 0.3) is 0 Å². The smallest absolute Gasteiger partial charge is 0.232 e. The first kappa shape index (κ1) is 19.1. The minimum atomic E-state index is -0.416. The zero-order valence-corrected chi connectivity index (χ0v) is 16.4. The van der Waals surface area contributed by atoms with Crippen LogP contribution in [-0.2, 0) is 4.79 Å². The third kappa shape index (κ3) is 3.99. The van der Waals surface area contributed by atoms with Crippen molar-refractivity contribution >= 4 is 11.6 Å². The largest absolute Gasteiger partial charge is 0.494 e. The predicted molar refractivity (Wildman–Crippen MR) is 106 cm³/mol. The van der Waals surface area contributed by atoms with Crippen LogP contribution < -0.4 is 9.64 Å². The lowest BCUT2D eigenvalue weighted by molar-refractivity contribution is -0.117. The van der Waals surface area contributed by atoms with Gasteiger partial charge in [0.1, 0.15) is 11.6 Å². The number of hydrogen-bond donors (Lipinski definition) is 0. The van der Waals surface area contributed by atoms with Gasteiger partial charge in [-0.25, -0.2) is 4.39 Å². The van der Waals surface area contributed by atoms with E-state index < -0.39 is 5.82 Å². The van der Waals surface area contributed by atoms with E-state index in [2.05, 4.69) is 17.1 Å². The van der Waals surface area contributed by atoms with Crippen molar-refractivity contribution in [1.29, 1.82) is 0 Å². The van der Waals surface area contributed by atoms with Crippen molar-refractivity contribution in [1.82, 2.24) is 10.1 Å². The van der Waals surface area contributed by atoms with Crippen molar-refractivity contribution in [3.63, 3.8) is 0 Å². The van der Waals surface area contributed by atoms with Gasteiger partial charge in [0, 0.05) is 18.5 Å². The van der Waals surface area contributed by atoms with Crippen LogP contribution in [0.15, 0.2) is 47.0 Å². The topological polar surface area (TPSA) is 68.5 Å². The molecule has 1 aliphatic heterocycles. The first-order chi connectivity index (χ1) is 14.0. The Hall–Kier alpha value is -3.22. The van der Waals surface area contributed by atoms with Gasteiger partial charge in [-0.05, 0) is 55.3 Å². The third-order valence-corrected chi connectivity index (χ3v) is 4.89. The van der Waals surface area contributed by atoms with E-state index in [1.54, 1.807) is 12.1 Å². The van der Waals surface area contributed by atoms with Crippen LogP contribution >= 0.6 is 0 Å². The van der Waals surface area contributed by atoms with Crippen molar-refractivity contribution in [3.8, 4) is 17.1 Å². The van der Waals surface area contributed by atoms with Gasteiger partial charge in [-0.1, -0.05) is 18.1 Å². The van der Waals surface area contributed by atoms with E-state index >= 15 is 0 Å². The summed E-state index contributed by atoms with van der Waals surface area (Å²) in [6.45, 7) is 4.89. The number of ether oxygens (including phenoxy) is 1. The molecule has 2 heterocycles. The van der Waals surface area contributed by atoms with Crippen LogP contribution in [0, 0.1) is 12.7 Å². The third-order valence-electron chi connectivity index (χ3n) is 4.89. The monoisotopic (exact) mass is 395 g/mol. The fourth-order valence-corrected chi connectivity index (χ4v) is 3.37. The van der Waals surface area contributed by atoms with Crippen LogP contribution in [-0.4, -0.2) is 29.2 Å². The van der Waals surface area contributed by atoms with Crippen LogP contribution in [0.2, 0.25) is 0 Å². The van der Waals surface area contributed by atoms with Crippen LogP contribution in [0.5, 0.6) is 5.75 Å². The number of aryl methyl sites for hydroxylation is 1. The number of carbonyl (C=O) groups excluding carboxylic acids is 1. The highest BCUT2D eigenvalue weighted by Crippen LogP contribution is 2.33. The molecule has 0 spiro atoms. The number of rotatable bonds is 6. The van der Waals surface area contributed by atoms with E-state index in [1.807, 2.05) is 31.2 Å². The van der Waals surface area contributed by atoms with Gasteiger partial charge in [0.2, 0.25) is 17.6 Å². The summed E-state index contributed by atoms with van der Waals surface area (Å²) in [5, 5.41) is 4.05. The van der Waals surface area contributed by atoms with Crippen molar-refractivity contribution in [2.45, 2.75) is 32.6 Å². The highest BCUT2D eigenvalue weighted by atomic mass is 19.1. The summed E-state index contributed by atoms with van der Waals surface area (Å²) in [5.41, 5.74) is 1.98. The Morgan fingerprint density at radius 3 is 2.79 bits per heavy atom. The molecule has 1 fully saturated rings. The highest BCUT2D eigenvalue weighted by molar-refractivity contribution is 5.96. The minimum absolute atomic E-state index is 0.156. The second-order valence-electron chi connectivity index (χ2n) is 7.19. The molecule has 7 heteroatoms. The Kier molecular flexibility index (Phi) is 5.29. The van der Waals surface area contributed by atoms with Crippen molar-refractivity contribution in [2.24, 2.45) is 0 Å². The number of hydrogen-bond acceptors (Lipinski definition) is 5. The molecule has 1 unspecified atom stereocenters. The molecule has 1 amide bonds. The number of aromatic nitrogens is 2. The number of benzene rings is 2. The molecule has 3 aromatic rings. The van der Waals surface area contributed by atoms with Gasteiger partial charge in [-0.2, -0.15) is 4.98 Å². The van der Waals surface area contributed by atoms with Crippen LogP contribution in [0.4, 0.5) is 10.1 Å². The van der Waals surface area contributed by atoms with Gasteiger partial charge >= 0.3 is 0 Å². The maximum atomic E-state index is 14.2. The van der Waals surface area contributed by atoms with Crippen molar-refractivity contribution in [3.05, 3.63) is 59.7 Å². The summed E-state index contributed by atoms with van der Waals surface area (Å²) < 4.78 is 25.2. The molecule has 1 atom stereocenters. The predicted octanol–water partition coefficient (Wildman–Crippen LogP) is 4.49.